The molecule has 0 amide bonds. The van der Waals surface area contributed by atoms with E-state index in [0.717, 1.165) is 24.3 Å². The van der Waals surface area contributed by atoms with Gasteiger partial charge in [0.2, 0.25) is 0 Å². The van der Waals surface area contributed by atoms with Crippen molar-refractivity contribution in [3.8, 4) is 5.75 Å². The van der Waals surface area contributed by atoms with E-state index < -0.39 is 0 Å². The first-order valence-corrected chi connectivity index (χ1v) is 10.7. The van der Waals surface area contributed by atoms with Gasteiger partial charge in [-0.1, -0.05) is 76.8 Å². The average molecular weight is 375 g/mol. The van der Waals surface area contributed by atoms with Crippen molar-refractivity contribution in [3.63, 3.8) is 0 Å². The van der Waals surface area contributed by atoms with Crippen LogP contribution in [0.2, 0.25) is 0 Å². The molecule has 1 aromatic carbocycles. The Morgan fingerprint density at radius 3 is 2.00 bits per heavy atom. The zero-order chi connectivity index (χ0) is 19.7. The summed E-state index contributed by atoms with van der Waals surface area (Å²) in [6.07, 6.45) is 16.4. The summed E-state index contributed by atoms with van der Waals surface area (Å²) in [6, 6.07) is 7.80. The van der Waals surface area contributed by atoms with Crippen molar-refractivity contribution in [2.24, 2.45) is 0 Å². The summed E-state index contributed by atoms with van der Waals surface area (Å²) in [4.78, 5) is 11.5. The summed E-state index contributed by atoms with van der Waals surface area (Å²) in [5, 5.41) is 0. The van der Waals surface area contributed by atoms with Crippen molar-refractivity contribution < 1.29 is 14.3 Å². The van der Waals surface area contributed by atoms with Crippen LogP contribution in [0.25, 0.3) is 6.08 Å². The van der Waals surface area contributed by atoms with E-state index in [2.05, 4.69) is 6.92 Å². The minimum Gasteiger partial charge on any atom is -0.494 e. The van der Waals surface area contributed by atoms with Gasteiger partial charge in [0.25, 0.3) is 0 Å². The third-order valence-corrected chi connectivity index (χ3v) is 4.41. The van der Waals surface area contributed by atoms with Crippen LogP contribution < -0.4 is 4.74 Å². The van der Waals surface area contributed by atoms with Crippen LogP contribution in [0.1, 0.15) is 90.5 Å². The fourth-order valence-electron chi connectivity index (χ4n) is 2.89. The molecule has 0 atom stereocenters. The van der Waals surface area contributed by atoms with Crippen LogP contribution in [-0.4, -0.2) is 18.7 Å². The molecule has 0 spiro atoms. The lowest BCUT2D eigenvalue weighted by Gasteiger charge is -2.07. The smallest absolute Gasteiger partial charge is 0.331 e. The Kier molecular flexibility index (Phi) is 13.2. The lowest BCUT2D eigenvalue weighted by Crippen LogP contribution is -2.08. The highest BCUT2D eigenvalue weighted by atomic mass is 16.5. The van der Waals surface area contributed by atoms with Crippen molar-refractivity contribution in [2.75, 3.05) is 6.61 Å². The van der Waals surface area contributed by atoms with Crippen LogP contribution in [0, 0.1) is 0 Å². The second-order valence-corrected chi connectivity index (χ2v) is 7.42. The lowest BCUT2D eigenvalue weighted by molar-refractivity contribution is -0.141. The zero-order valence-corrected chi connectivity index (χ0v) is 17.5. The molecule has 3 heteroatoms. The molecule has 1 aromatic rings. The highest BCUT2D eigenvalue weighted by Crippen LogP contribution is 2.15. The second kappa shape index (κ2) is 15.3. The molecule has 0 aliphatic heterocycles. The summed E-state index contributed by atoms with van der Waals surface area (Å²) in [7, 11) is 0. The van der Waals surface area contributed by atoms with Crippen molar-refractivity contribution in [2.45, 2.75) is 91.1 Å². The molecule has 0 aromatic heterocycles. The van der Waals surface area contributed by atoms with Crippen LogP contribution in [-0.2, 0) is 9.53 Å². The molecule has 0 saturated carbocycles. The summed E-state index contributed by atoms with van der Waals surface area (Å²) in [5.74, 6) is 0.569. The van der Waals surface area contributed by atoms with Gasteiger partial charge in [-0.15, -0.1) is 0 Å². The standard InChI is InChI=1S/C24H38O3/c1-4-5-6-7-8-9-10-11-12-13-20-26-23-17-14-22(15-18-23)16-19-24(25)27-21(2)3/h14-19,21H,4-13,20H2,1-3H3. The second-order valence-electron chi connectivity index (χ2n) is 7.42. The Morgan fingerprint density at radius 2 is 1.44 bits per heavy atom. The van der Waals surface area contributed by atoms with E-state index in [0.29, 0.717) is 0 Å². The topological polar surface area (TPSA) is 35.5 Å². The predicted molar refractivity (Wildman–Crippen MR) is 114 cm³/mol. The molecule has 152 valence electrons. The molecule has 0 unspecified atom stereocenters. The maximum atomic E-state index is 11.5. The van der Waals surface area contributed by atoms with E-state index in [9.17, 15) is 4.79 Å². The molecular formula is C24H38O3. The van der Waals surface area contributed by atoms with Crippen molar-refractivity contribution in [1.29, 1.82) is 0 Å². The van der Waals surface area contributed by atoms with Crippen molar-refractivity contribution >= 4 is 12.0 Å². The first-order valence-electron chi connectivity index (χ1n) is 10.7. The van der Waals surface area contributed by atoms with Gasteiger partial charge >= 0.3 is 5.97 Å². The third kappa shape index (κ3) is 13.1. The van der Waals surface area contributed by atoms with E-state index in [1.807, 2.05) is 38.1 Å². The fourth-order valence-corrected chi connectivity index (χ4v) is 2.89. The van der Waals surface area contributed by atoms with Gasteiger partial charge in [0, 0.05) is 6.08 Å². The van der Waals surface area contributed by atoms with E-state index in [-0.39, 0.29) is 12.1 Å². The number of rotatable bonds is 15. The van der Waals surface area contributed by atoms with Crippen LogP contribution in [0.15, 0.2) is 30.3 Å². The number of ether oxygens (including phenoxy) is 2. The molecule has 0 aliphatic carbocycles. The minimum absolute atomic E-state index is 0.0938. The van der Waals surface area contributed by atoms with E-state index in [1.165, 1.54) is 63.9 Å². The lowest BCUT2D eigenvalue weighted by atomic mass is 10.1. The Balaban J connectivity index is 2.07. The van der Waals surface area contributed by atoms with Gasteiger partial charge in [-0.25, -0.2) is 4.79 Å². The number of carbonyl (C=O) groups excluding carboxylic acids is 1. The van der Waals surface area contributed by atoms with E-state index in [1.54, 1.807) is 6.08 Å². The predicted octanol–water partition coefficient (Wildman–Crippen LogP) is 6.95. The summed E-state index contributed by atoms with van der Waals surface area (Å²) in [6.45, 7) is 6.71. The summed E-state index contributed by atoms with van der Waals surface area (Å²) >= 11 is 0. The first kappa shape index (κ1) is 23.3. The molecule has 0 radical (unpaired) electrons. The molecule has 0 bridgehead atoms. The maximum absolute atomic E-state index is 11.5. The number of hydrogen-bond donors (Lipinski definition) is 0. The van der Waals surface area contributed by atoms with Crippen molar-refractivity contribution in [3.05, 3.63) is 35.9 Å². The van der Waals surface area contributed by atoms with Gasteiger partial charge in [-0.05, 0) is 44.0 Å². The molecule has 0 fully saturated rings. The highest BCUT2D eigenvalue weighted by molar-refractivity contribution is 5.87. The number of carbonyl (C=O) groups is 1. The Bertz CT molecular complexity index is 517. The van der Waals surface area contributed by atoms with E-state index in [4.69, 9.17) is 9.47 Å². The van der Waals surface area contributed by atoms with Gasteiger partial charge in [0.1, 0.15) is 5.75 Å². The Morgan fingerprint density at radius 1 is 0.889 bits per heavy atom. The van der Waals surface area contributed by atoms with Crippen LogP contribution >= 0.6 is 0 Å². The summed E-state index contributed by atoms with van der Waals surface area (Å²) < 4.78 is 10.9. The van der Waals surface area contributed by atoms with Gasteiger partial charge in [0.05, 0.1) is 12.7 Å². The van der Waals surface area contributed by atoms with Gasteiger partial charge < -0.3 is 9.47 Å². The third-order valence-electron chi connectivity index (χ3n) is 4.41. The number of unbranched alkanes of at least 4 members (excludes halogenated alkanes) is 9. The molecule has 0 saturated heterocycles. The monoisotopic (exact) mass is 374 g/mol. The molecule has 27 heavy (non-hydrogen) atoms. The normalized spacial score (nSPS) is 11.3. The van der Waals surface area contributed by atoms with Gasteiger partial charge in [-0.3, -0.25) is 0 Å². The molecule has 3 nitrogen and oxygen atoms in total. The Labute approximate surface area is 166 Å². The average Bonchev–Trinajstić information content (AvgIpc) is 2.65. The number of benzene rings is 1. The summed E-state index contributed by atoms with van der Waals surface area (Å²) in [5.41, 5.74) is 0.960. The Hall–Kier alpha value is -1.77. The maximum Gasteiger partial charge on any atom is 0.331 e. The van der Waals surface area contributed by atoms with Gasteiger partial charge in [0.15, 0.2) is 0 Å². The molecular weight excluding hydrogens is 336 g/mol. The van der Waals surface area contributed by atoms with E-state index >= 15 is 0 Å². The SMILES string of the molecule is CCCCCCCCCCCCOc1ccc(C=CC(=O)OC(C)C)cc1. The van der Waals surface area contributed by atoms with Crippen LogP contribution in [0.3, 0.4) is 0 Å². The minimum atomic E-state index is -0.314. The number of hydrogen-bond acceptors (Lipinski definition) is 3. The van der Waals surface area contributed by atoms with Crippen LogP contribution in [0.4, 0.5) is 0 Å². The zero-order valence-electron chi connectivity index (χ0n) is 17.5. The first-order chi connectivity index (χ1) is 13.1. The molecule has 0 heterocycles. The number of esters is 1. The fraction of sp³-hybridized carbons (Fsp3) is 0.625. The largest absolute Gasteiger partial charge is 0.494 e. The molecule has 0 N–H and O–H groups in total. The quantitative estimate of drug-likeness (QED) is 0.189. The molecule has 0 aliphatic rings. The van der Waals surface area contributed by atoms with Gasteiger partial charge in [-0.2, -0.15) is 0 Å². The van der Waals surface area contributed by atoms with Crippen LogP contribution in [0.5, 0.6) is 5.75 Å². The molecule has 1 rings (SSSR count). The van der Waals surface area contributed by atoms with Crippen molar-refractivity contribution in [1.82, 2.24) is 0 Å². The highest BCUT2D eigenvalue weighted by Gasteiger charge is 2.00.